The lowest BCUT2D eigenvalue weighted by atomic mass is 9.98. The van der Waals surface area contributed by atoms with Crippen LogP contribution in [0, 0.1) is 0 Å². The molecule has 16 heteroatoms. The fourth-order valence-corrected chi connectivity index (χ4v) is 11.0. The zero-order valence-corrected chi connectivity index (χ0v) is 34.2. The molecule has 4 unspecified atom stereocenters. The van der Waals surface area contributed by atoms with E-state index in [1.807, 2.05) is 0 Å². The monoisotopic (exact) mass is 806 g/mol. The van der Waals surface area contributed by atoms with Crippen molar-refractivity contribution in [2.75, 3.05) is 25.5 Å². The van der Waals surface area contributed by atoms with Crippen molar-refractivity contribution < 1.29 is 65.4 Å². The molecule has 310 valence electrons. The molecule has 0 saturated heterocycles. The molecule has 4 aliphatic rings. The van der Waals surface area contributed by atoms with Gasteiger partial charge in [0.2, 0.25) is 0 Å². The highest BCUT2D eigenvalue weighted by molar-refractivity contribution is 7.54. The number of unbranched alkanes of at least 4 members (excludes halogenated alkanes) is 1. The normalized spacial score (nSPS) is 22.9. The van der Waals surface area contributed by atoms with Crippen molar-refractivity contribution in [1.29, 1.82) is 0 Å². The summed E-state index contributed by atoms with van der Waals surface area (Å²) >= 11 is 0. The summed E-state index contributed by atoms with van der Waals surface area (Å²) in [7, 11) is -8.22. The first-order chi connectivity index (χ1) is 25.9. The minimum absolute atomic E-state index is 0.0868. The third kappa shape index (κ3) is 16.7. The second kappa shape index (κ2) is 23.4. The third-order valence-corrected chi connectivity index (χ3v) is 14.6. The highest BCUT2D eigenvalue weighted by Crippen LogP contribution is 2.53. The Morgan fingerprint density at radius 2 is 0.741 bits per heavy atom. The molecule has 0 spiro atoms. The largest absolute Gasteiger partial charge is 0.461 e. The highest BCUT2D eigenvalue weighted by Gasteiger charge is 2.36. The van der Waals surface area contributed by atoms with E-state index in [4.69, 9.17) is 37.0 Å². The number of carbonyl (C=O) groups is 4. The molecule has 4 atom stereocenters. The average molecular weight is 807 g/mol. The van der Waals surface area contributed by atoms with E-state index in [0.29, 0.717) is 0 Å². The number of ether oxygens (including phenoxy) is 4. The highest BCUT2D eigenvalue weighted by atomic mass is 31.2. The standard InChI is InChI=1S/C38H64O14P2/c1-29(37(41)49-33-21-11-5-12-22-33)51-53(43,45-27-35(39)47-31-17-7-3-8-18-31)25-15-16-26-54(44,46-28-36(40)48-32-19-9-4-10-20-32)52-30(2)38(42)50-34-23-13-6-14-24-34/h29-34H,3-28H2,1-2H3. The van der Waals surface area contributed by atoms with Gasteiger partial charge in [-0.05, 0) is 129 Å². The molecule has 0 aromatic heterocycles. The van der Waals surface area contributed by atoms with E-state index in [2.05, 4.69) is 0 Å². The van der Waals surface area contributed by atoms with E-state index in [9.17, 15) is 28.3 Å². The Kier molecular flexibility index (Phi) is 19.5. The molecule has 0 amide bonds. The molecule has 4 rings (SSSR count). The molecule has 54 heavy (non-hydrogen) atoms. The van der Waals surface area contributed by atoms with E-state index < -0.39 is 64.5 Å². The smallest absolute Gasteiger partial charge is 0.335 e. The fraction of sp³-hybridized carbons (Fsp3) is 0.895. The van der Waals surface area contributed by atoms with Gasteiger partial charge in [-0.2, -0.15) is 0 Å². The maximum absolute atomic E-state index is 14.1. The molecule has 0 aliphatic heterocycles. The van der Waals surface area contributed by atoms with Crippen LogP contribution in [0.15, 0.2) is 0 Å². The van der Waals surface area contributed by atoms with Gasteiger partial charge in [-0.15, -0.1) is 0 Å². The van der Waals surface area contributed by atoms with E-state index in [1.54, 1.807) is 0 Å². The minimum Gasteiger partial charge on any atom is -0.461 e. The van der Waals surface area contributed by atoms with Gasteiger partial charge in [0.05, 0.1) is 12.3 Å². The van der Waals surface area contributed by atoms with Crippen molar-refractivity contribution in [1.82, 2.24) is 0 Å². The van der Waals surface area contributed by atoms with Crippen molar-refractivity contribution in [2.45, 2.75) is 192 Å². The fourth-order valence-electron chi connectivity index (χ4n) is 7.47. The first-order valence-electron chi connectivity index (χ1n) is 20.6. The summed E-state index contributed by atoms with van der Waals surface area (Å²) in [6.07, 6.45) is 14.3. The number of hydrogen-bond donors (Lipinski definition) is 0. The molecular weight excluding hydrogens is 742 g/mol. The Bertz CT molecular complexity index is 1170. The van der Waals surface area contributed by atoms with Gasteiger partial charge in [0.15, 0.2) is 25.4 Å². The van der Waals surface area contributed by atoms with Crippen molar-refractivity contribution in [2.24, 2.45) is 0 Å². The van der Waals surface area contributed by atoms with Gasteiger partial charge in [-0.1, -0.05) is 25.7 Å². The predicted octanol–water partition coefficient (Wildman–Crippen LogP) is 8.50. The van der Waals surface area contributed by atoms with Crippen molar-refractivity contribution in [3.63, 3.8) is 0 Å². The van der Waals surface area contributed by atoms with Crippen molar-refractivity contribution in [3.8, 4) is 0 Å². The summed E-state index contributed by atoms with van der Waals surface area (Å²) < 4.78 is 73.1. The number of hydrogen-bond acceptors (Lipinski definition) is 14. The van der Waals surface area contributed by atoms with Gasteiger partial charge in [0.25, 0.3) is 0 Å². The lowest BCUT2D eigenvalue weighted by Crippen LogP contribution is -2.30. The summed E-state index contributed by atoms with van der Waals surface area (Å²) in [5.74, 6) is -2.70. The van der Waals surface area contributed by atoms with Crippen LogP contribution < -0.4 is 0 Å². The van der Waals surface area contributed by atoms with Gasteiger partial charge >= 0.3 is 39.1 Å². The maximum atomic E-state index is 14.1. The van der Waals surface area contributed by atoms with Crippen molar-refractivity contribution >= 4 is 39.1 Å². The zero-order valence-electron chi connectivity index (χ0n) is 32.5. The first kappa shape index (κ1) is 44.9. The Morgan fingerprint density at radius 1 is 0.463 bits per heavy atom. The summed E-state index contributed by atoms with van der Waals surface area (Å²) in [6, 6.07) is 0. The molecule has 0 N–H and O–H groups in total. The van der Waals surface area contributed by atoms with Crippen LogP contribution in [0.3, 0.4) is 0 Å². The van der Waals surface area contributed by atoms with Crippen LogP contribution in [0.25, 0.3) is 0 Å². The average Bonchev–Trinajstić information content (AvgIpc) is 3.17. The molecule has 4 saturated carbocycles. The van der Waals surface area contributed by atoms with Crippen LogP contribution in [0.1, 0.15) is 155 Å². The van der Waals surface area contributed by atoms with Gasteiger partial charge in [0.1, 0.15) is 24.4 Å². The number of rotatable bonds is 21. The van der Waals surface area contributed by atoms with Crippen LogP contribution in [0.2, 0.25) is 0 Å². The zero-order chi connectivity index (χ0) is 38.8. The first-order valence-corrected chi connectivity index (χ1v) is 24.0. The third-order valence-electron chi connectivity index (χ3n) is 10.5. The molecule has 4 fully saturated rings. The Morgan fingerprint density at radius 3 is 1.04 bits per heavy atom. The second-order valence-corrected chi connectivity index (χ2v) is 19.6. The van der Waals surface area contributed by atoms with E-state index in [1.165, 1.54) is 13.8 Å². The minimum atomic E-state index is -4.11. The van der Waals surface area contributed by atoms with E-state index in [0.717, 1.165) is 128 Å². The predicted molar refractivity (Wildman–Crippen MR) is 199 cm³/mol. The Labute approximate surface area is 321 Å². The number of esters is 4. The lowest BCUT2D eigenvalue weighted by molar-refractivity contribution is -0.159. The number of carbonyl (C=O) groups excluding carboxylic acids is 4. The van der Waals surface area contributed by atoms with Gasteiger partial charge < -0.3 is 18.9 Å². The molecule has 0 radical (unpaired) electrons. The summed E-state index contributed by atoms with van der Waals surface area (Å²) in [5, 5.41) is 0. The van der Waals surface area contributed by atoms with Gasteiger partial charge in [-0.25, -0.2) is 19.2 Å². The van der Waals surface area contributed by atoms with Crippen LogP contribution in [-0.4, -0.2) is 86.0 Å². The summed E-state index contributed by atoms with van der Waals surface area (Å²) in [6.45, 7) is 1.59. The molecule has 0 heterocycles. The van der Waals surface area contributed by atoms with Crippen molar-refractivity contribution in [3.05, 3.63) is 0 Å². The molecule has 0 aromatic carbocycles. The van der Waals surface area contributed by atoms with Gasteiger partial charge in [0, 0.05) is 0 Å². The summed E-state index contributed by atoms with van der Waals surface area (Å²) in [4.78, 5) is 51.2. The van der Waals surface area contributed by atoms with Gasteiger partial charge in [-0.3, -0.25) is 27.2 Å². The van der Waals surface area contributed by atoms with Crippen LogP contribution in [0.4, 0.5) is 0 Å². The van der Waals surface area contributed by atoms with E-state index in [-0.39, 0.29) is 49.6 Å². The lowest BCUT2D eigenvalue weighted by Gasteiger charge is -2.27. The molecular formula is C38H64O14P2. The molecule has 0 aromatic rings. The molecule has 4 aliphatic carbocycles. The molecule has 0 bridgehead atoms. The Hall–Kier alpha value is -1.82. The Balaban J connectivity index is 1.36. The van der Waals surface area contributed by atoms with E-state index >= 15 is 0 Å². The quantitative estimate of drug-likeness (QED) is 0.0467. The molecule has 14 nitrogen and oxygen atoms in total. The van der Waals surface area contributed by atoms with Crippen LogP contribution >= 0.6 is 15.2 Å². The topological polar surface area (TPSA) is 176 Å². The maximum Gasteiger partial charge on any atom is 0.335 e. The van der Waals surface area contributed by atoms with Crippen LogP contribution in [0.5, 0.6) is 0 Å². The second-order valence-electron chi connectivity index (χ2n) is 15.3. The summed E-state index contributed by atoms with van der Waals surface area (Å²) in [5.41, 5.74) is 0. The SMILES string of the molecule is CC(OP(=O)(CCCCP(=O)(OCC(=O)OC1CCCCC1)OC(C)C(=O)OC1CCCCC1)OCC(=O)OC1CCCCC1)C(=O)OC1CCCCC1. The van der Waals surface area contributed by atoms with Crippen LogP contribution in [-0.2, 0) is 65.4 Å².